The summed E-state index contributed by atoms with van der Waals surface area (Å²) in [7, 11) is 0. The molecule has 0 radical (unpaired) electrons. The van der Waals surface area contributed by atoms with E-state index in [2.05, 4.69) is 43.9 Å². The second kappa shape index (κ2) is 14.2. The van der Waals surface area contributed by atoms with Crippen molar-refractivity contribution in [2.75, 3.05) is 44.2 Å². The lowest BCUT2D eigenvalue weighted by Crippen LogP contribution is -2.50. The molecule has 2 aromatic carbocycles. The molecule has 2 saturated heterocycles. The average molecular weight is 698 g/mol. The van der Waals surface area contributed by atoms with Crippen LogP contribution < -0.4 is 9.64 Å². The third-order valence-corrected chi connectivity index (χ3v) is 9.34. The molecule has 250 valence electrons. The molecule has 5 rings (SSSR count). The Morgan fingerprint density at radius 3 is 2.26 bits per heavy atom. The van der Waals surface area contributed by atoms with Gasteiger partial charge in [-0.1, -0.05) is 34.1 Å². The number of carbonyl (C=O) groups is 3. The van der Waals surface area contributed by atoms with Crippen molar-refractivity contribution >= 4 is 39.5 Å². The number of amides is 3. The standard InChI is InChI=1S/C36H49BrN4O5/c1-35(2,3)46-34(44)39-20-8-19-38(21-22-39)33(43)36(4,5)45-31-11-6-10-30(23-31)40-18-7-9-27(25-40)32(42)41(29-16-17-29)24-26-12-14-28(37)15-13-26/h6,10-15,23,27,29H,7-9,16-22,24-25H2,1-5H3/t27-/m1/s1. The zero-order chi connectivity index (χ0) is 33.1. The second-order valence-electron chi connectivity index (χ2n) is 14.3. The molecule has 2 aromatic rings. The minimum atomic E-state index is -1.10. The summed E-state index contributed by atoms with van der Waals surface area (Å²) < 4.78 is 12.9. The first-order valence-corrected chi connectivity index (χ1v) is 17.4. The van der Waals surface area contributed by atoms with E-state index >= 15 is 0 Å². The normalized spacial score (nSPS) is 19.3. The minimum Gasteiger partial charge on any atom is -0.478 e. The number of nitrogens with zero attached hydrogens (tertiary/aromatic N) is 4. The first-order valence-electron chi connectivity index (χ1n) is 16.7. The molecule has 1 aliphatic carbocycles. The highest BCUT2D eigenvalue weighted by atomic mass is 79.9. The van der Waals surface area contributed by atoms with Crippen LogP contribution in [0.1, 0.15) is 72.3 Å². The van der Waals surface area contributed by atoms with E-state index in [4.69, 9.17) is 9.47 Å². The number of ether oxygens (including phenoxy) is 2. The van der Waals surface area contributed by atoms with Crippen LogP contribution >= 0.6 is 15.9 Å². The van der Waals surface area contributed by atoms with Crippen LogP contribution in [0, 0.1) is 5.92 Å². The first-order chi connectivity index (χ1) is 21.8. The molecule has 2 aliphatic heterocycles. The number of carbonyl (C=O) groups excluding carboxylic acids is 3. The molecule has 3 fully saturated rings. The Morgan fingerprint density at radius 2 is 1.57 bits per heavy atom. The Balaban J connectivity index is 1.20. The maximum Gasteiger partial charge on any atom is 0.410 e. The van der Waals surface area contributed by atoms with Gasteiger partial charge in [0.2, 0.25) is 5.91 Å². The van der Waals surface area contributed by atoms with Crippen molar-refractivity contribution in [3.05, 3.63) is 58.6 Å². The molecular formula is C36H49BrN4O5. The molecule has 2 heterocycles. The zero-order valence-corrected chi connectivity index (χ0v) is 29.6. The number of rotatable bonds is 8. The van der Waals surface area contributed by atoms with Gasteiger partial charge >= 0.3 is 6.09 Å². The summed E-state index contributed by atoms with van der Waals surface area (Å²) in [6.07, 6.45) is 4.31. The van der Waals surface area contributed by atoms with E-state index in [0.29, 0.717) is 57.5 Å². The molecule has 9 nitrogen and oxygen atoms in total. The maximum atomic E-state index is 13.8. The number of benzene rings is 2. The number of hydrogen-bond acceptors (Lipinski definition) is 6. The van der Waals surface area contributed by atoms with Gasteiger partial charge in [0.05, 0.1) is 5.92 Å². The molecule has 0 unspecified atom stereocenters. The lowest BCUT2D eigenvalue weighted by atomic mass is 9.95. The number of piperidine rings is 1. The highest BCUT2D eigenvalue weighted by Gasteiger charge is 2.38. The number of hydrogen-bond donors (Lipinski definition) is 0. The van der Waals surface area contributed by atoms with Crippen molar-refractivity contribution in [2.45, 2.75) is 90.5 Å². The van der Waals surface area contributed by atoms with E-state index in [-0.39, 0.29) is 23.8 Å². The predicted octanol–water partition coefficient (Wildman–Crippen LogP) is 6.48. The van der Waals surface area contributed by atoms with Gasteiger partial charge in [0.1, 0.15) is 11.4 Å². The lowest BCUT2D eigenvalue weighted by Gasteiger charge is -2.37. The predicted molar refractivity (Wildman–Crippen MR) is 183 cm³/mol. The zero-order valence-electron chi connectivity index (χ0n) is 28.0. The van der Waals surface area contributed by atoms with Gasteiger partial charge in [-0.3, -0.25) is 9.59 Å². The van der Waals surface area contributed by atoms with Crippen LogP contribution in [-0.4, -0.2) is 89.1 Å². The van der Waals surface area contributed by atoms with E-state index in [1.54, 1.807) is 23.6 Å². The highest BCUT2D eigenvalue weighted by molar-refractivity contribution is 9.10. The SMILES string of the molecule is CC(C)(C)OC(=O)N1CCCN(C(=O)C(C)(C)Oc2cccc(N3CCC[C@@H](C(=O)N(Cc4ccc(Br)cc4)C4CC4)C3)c2)CC1. The monoisotopic (exact) mass is 696 g/mol. The van der Waals surface area contributed by atoms with Crippen LogP contribution in [0.15, 0.2) is 53.0 Å². The molecule has 0 aromatic heterocycles. The lowest BCUT2D eigenvalue weighted by molar-refractivity contribution is -0.145. The van der Waals surface area contributed by atoms with Crippen molar-refractivity contribution in [3.63, 3.8) is 0 Å². The summed E-state index contributed by atoms with van der Waals surface area (Å²) >= 11 is 3.51. The Kier molecular flexibility index (Phi) is 10.5. The summed E-state index contributed by atoms with van der Waals surface area (Å²) in [6.45, 7) is 13.3. The van der Waals surface area contributed by atoms with E-state index in [0.717, 1.165) is 48.0 Å². The maximum absolute atomic E-state index is 13.8. The van der Waals surface area contributed by atoms with Gasteiger partial charge in [-0.2, -0.15) is 0 Å². The summed E-state index contributed by atoms with van der Waals surface area (Å²) in [5.41, 5.74) is 0.480. The fraction of sp³-hybridized carbons (Fsp3) is 0.583. The Hall–Kier alpha value is -3.27. The van der Waals surface area contributed by atoms with Crippen LogP contribution in [0.4, 0.5) is 10.5 Å². The summed E-state index contributed by atoms with van der Waals surface area (Å²) in [5, 5.41) is 0. The third-order valence-electron chi connectivity index (χ3n) is 8.81. The molecule has 46 heavy (non-hydrogen) atoms. The Bertz CT molecular complexity index is 1390. The fourth-order valence-corrected chi connectivity index (χ4v) is 6.56. The van der Waals surface area contributed by atoms with Gasteiger partial charge in [-0.25, -0.2) is 4.79 Å². The number of anilines is 1. The van der Waals surface area contributed by atoms with Gasteiger partial charge in [-0.05, 0) is 96.6 Å². The van der Waals surface area contributed by atoms with Crippen LogP contribution in [0.2, 0.25) is 0 Å². The quantitative estimate of drug-likeness (QED) is 0.314. The van der Waals surface area contributed by atoms with Crippen molar-refractivity contribution in [1.82, 2.24) is 14.7 Å². The van der Waals surface area contributed by atoms with Crippen LogP contribution in [0.25, 0.3) is 0 Å². The Morgan fingerprint density at radius 1 is 0.870 bits per heavy atom. The second-order valence-corrected chi connectivity index (χ2v) is 15.2. The minimum absolute atomic E-state index is 0.0596. The van der Waals surface area contributed by atoms with Gasteiger partial charge in [0, 0.05) is 68.1 Å². The first kappa shape index (κ1) is 34.1. The van der Waals surface area contributed by atoms with Crippen LogP contribution in [-0.2, 0) is 20.9 Å². The van der Waals surface area contributed by atoms with Gasteiger partial charge in [0.15, 0.2) is 5.60 Å². The molecule has 3 amide bonds. The summed E-state index contributed by atoms with van der Waals surface area (Å²) in [6, 6.07) is 16.4. The highest BCUT2D eigenvalue weighted by Crippen LogP contribution is 2.34. The smallest absolute Gasteiger partial charge is 0.410 e. The van der Waals surface area contributed by atoms with Crippen LogP contribution in [0.5, 0.6) is 5.75 Å². The van der Waals surface area contributed by atoms with Crippen molar-refractivity contribution in [1.29, 1.82) is 0 Å². The van der Waals surface area contributed by atoms with E-state index in [1.807, 2.05) is 51.1 Å². The third kappa shape index (κ3) is 8.96. The molecular weight excluding hydrogens is 648 g/mol. The van der Waals surface area contributed by atoms with Crippen molar-refractivity contribution in [3.8, 4) is 5.75 Å². The summed E-state index contributed by atoms with van der Waals surface area (Å²) in [5.74, 6) is 0.690. The Labute approximate surface area is 282 Å². The number of halogens is 1. The average Bonchev–Trinajstić information content (AvgIpc) is 3.87. The molecule has 0 N–H and O–H groups in total. The molecule has 3 aliphatic rings. The molecule has 0 bridgehead atoms. The fourth-order valence-electron chi connectivity index (χ4n) is 6.30. The van der Waals surface area contributed by atoms with E-state index < -0.39 is 11.2 Å². The van der Waals surface area contributed by atoms with Crippen molar-refractivity contribution in [2.24, 2.45) is 5.92 Å². The molecule has 1 atom stereocenters. The van der Waals surface area contributed by atoms with Crippen molar-refractivity contribution < 1.29 is 23.9 Å². The summed E-state index contributed by atoms with van der Waals surface area (Å²) in [4.78, 5) is 48.0. The topological polar surface area (TPSA) is 82.6 Å². The van der Waals surface area contributed by atoms with Gasteiger partial charge in [0.25, 0.3) is 5.91 Å². The van der Waals surface area contributed by atoms with E-state index in [1.165, 1.54) is 0 Å². The largest absolute Gasteiger partial charge is 0.478 e. The molecule has 0 spiro atoms. The molecule has 1 saturated carbocycles. The van der Waals surface area contributed by atoms with Gasteiger partial charge < -0.3 is 29.1 Å². The van der Waals surface area contributed by atoms with E-state index in [9.17, 15) is 14.4 Å². The molecule has 10 heteroatoms. The van der Waals surface area contributed by atoms with Crippen LogP contribution in [0.3, 0.4) is 0 Å². The van der Waals surface area contributed by atoms with Gasteiger partial charge in [-0.15, -0.1) is 0 Å².